The van der Waals surface area contributed by atoms with E-state index in [0.717, 1.165) is 43.2 Å². The van der Waals surface area contributed by atoms with Crippen molar-refractivity contribution >= 4 is 17.3 Å². The summed E-state index contributed by atoms with van der Waals surface area (Å²) in [6.07, 6.45) is 17.0. The van der Waals surface area contributed by atoms with Crippen LogP contribution in [0.2, 0.25) is 0 Å². The molecule has 0 spiro atoms. The molecule has 154 valence electrons. The van der Waals surface area contributed by atoms with Gasteiger partial charge in [-0.3, -0.25) is 0 Å². The van der Waals surface area contributed by atoms with Gasteiger partial charge in [-0.1, -0.05) is 19.3 Å². The molecular weight excluding hydrogens is 370 g/mol. The molecule has 0 atom stereocenters. The van der Waals surface area contributed by atoms with Crippen LogP contribution in [-0.2, 0) is 6.42 Å². The molecule has 8 heteroatoms. The zero-order chi connectivity index (χ0) is 19.6. The van der Waals surface area contributed by atoms with Crippen LogP contribution in [0.4, 0.5) is 0 Å². The van der Waals surface area contributed by atoms with Crippen LogP contribution in [0.3, 0.4) is 0 Å². The molecule has 28 heavy (non-hydrogen) atoms. The van der Waals surface area contributed by atoms with Gasteiger partial charge < -0.3 is 25.9 Å². The van der Waals surface area contributed by atoms with Crippen LogP contribution in [-0.4, -0.2) is 55.6 Å². The maximum atomic E-state index is 5.59. The summed E-state index contributed by atoms with van der Waals surface area (Å²) in [5.41, 5.74) is 7.65. The molecule has 2 aromatic heterocycles. The van der Waals surface area contributed by atoms with Crippen molar-refractivity contribution in [2.75, 3.05) is 19.6 Å². The van der Waals surface area contributed by atoms with E-state index in [1.54, 1.807) is 18.9 Å². The Balaban J connectivity index is 0.000000236. The van der Waals surface area contributed by atoms with Crippen molar-refractivity contribution in [3.63, 3.8) is 0 Å². The molecular formula is C20H33N7S. The van der Waals surface area contributed by atoms with Gasteiger partial charge >= 0.3 is 0 Å². The van der Waals surface area contributed by atoms with E-state index in [1.807, 2.05) is 6.20 Å². The molecule has 2 aromatic rings. The number of imidazole rings is 2. The molecule has 2 fully saturated rings. The van der Waals surface area contributed by atoms with Crippen LogP contribution in [0.5, 0.6) is 0 Å². The van der Waals surface area contributed by atoms with Gasteiger partial charge in [-0.25, -0.2) is 9.97 Å². The molecule has 0 bridgehead atoms. The number of nitrogens with two attached hydrogens (primary N) is 1. The van der Waals surface area contributed by atoms with Crippen molar-refractivity contribution in [3.05, 3.63) is 36.4 Å². The number of aromatic nitrogens is 4. The average Bonchev–Trinajstić information content (AvgIpc) is 3.44. The predicted octanol–water partition coefficient (Wildman–Crippen LogP) is 2.71. The van der Waals surface area contributed by atoms with Gasteiger partial charge in [0.2, 0.25) is 0 Å². The summed E-state index contributed by atoms with van der Waals surface area (Å²) in [5, 5.41) is 4.55. The van der Waals surface area contributed by atoms with Gasteiger partial charge in [-0.05, 0) is 44.4 Å². The third kappa shape index (κ3) is 6.31. The highest BCUT2D eigenvalue weighted by molar-refractivity contribution is 7.80. The number of nitrogens with one attached hydrogen (secondary N) is 3. The number of thiocarbonyl (C=S) groups is 1. The molecule has 4 rings (SSSR count). The number of likely N-dealkylation sites (tertiary alicyclic amines) is 1. The predicted molar refractivity (Wildman–Crippen MR) is 116 cm³/mol. The van der Waals surface area contributed by atoms with Crippen molar-refractivity contribution in [2.45, 2.75) is 63.3 Å². The molecule has 1 aliphatic heterocycles. The van der Waals surface area contributed by atoms with E-state index >= 15 is 0 Å². The fraction of sp³-hybridized carbons (Fsp3) is 0.650. The quantitative estimate of drug-likeness (QED) is 0.586. The van der Waals surface area contributed by atoms with Crippen molar-refractivity contribution in [1.29, 1.82) is 0 Å². The molecule has 0 aromatic carbocycles. The Morgan fingerprint density at radius 3 is 2.39 bits per heavy atom. The standard InChI is InChI=1S/C15H24N4S.C5H9N3/c20-15(18-13-4-2-1-3-5-13)19-8-6-12(7-9-19)14-10-16-11-17-14;6-2-1-5-3-7-4-8-5/h10-13H,1-9H2,(H,16,17)(H,18,20);3-4H,1-2,6H2,(H,7,8). The van der Waals surface area contributed by atoms with Gasteiger partial charge in [-0.2, -0.15) is 0 Å². The highest BCUT2D eigenvalue weighted by Gasteiger charge is 2.24. The van der Waals surface area contributed by atoms with Gasteiger partial charge in [0.25, 0.3) is 0 Å². The Morgan fingerprint density at radius 1 is 1.07 bits per heavy atom. The van der Waals surface area contributed by atoms with Crippen molar-refractivity contribution in [2.24, 2.45) is 5.73 Å². The van der Waals surface area contributed by atoms with Gasteiger partial charge in [-0.15, -0.1) is 0 Å². The lowest BCUT2D eigenvalue weighted by molar-refractivity contribution is 0.299. The minimum Gasteiger partial charge on any atom is -0.360 e. The third-order valence-corrected chi connectivity index (χ3v) is 6.02. The van der Waals surface area contributed by atoms with Crippen molar-refractivity contribution in [1.82, 2.24) is 30.2 Å². The first kappa shape index (κ1) is 20.8. The Hall–Kier alpha value is -1.93. The number of hydrogen-bond donors (Lipinski definition) is 4. The lowest BCUT2D eigenvalue weighted by atomic mass is 9.94. The van der Waals surface area contributed by atoms with E-state index in [9.17, 15) is 0 Å². The van der Waals surface area contributed by atoms with E-state index in [0.29, 0.717) is 18.5 Å². The molecule has 1 saturated carbocycles. The van der Waals surface area contributed by atoms with Gasteiger partial charge in [0.05, 0.1) is 12.7 Å². The molecule has 1 aliphatic carbocycles. The van der Waals surface area contributed by atoms with E-state index in [4.69, 9.17) is 18.0 Å². The van der Waals surface area contributed by atoms with Crippen LogP contribution in [0.1, 0.15) is 62.3 Å². The van der Waals surface area contributed by atoms with Crippen LogP contribution in [0.15, 0.2) is 25.0 Å². The second-order valence-corrected chi connectivity index (χ2v) is 8.05. The number of piperidine rings is 1. The first-order chi connectivity index (χ1) is 13.8. The Labute approximate surface area is 172 Å². The first-order valence-electron chi connectivity index (χ1n) is 10.5. The fourth-order valence-electron chi connectivity index (χ4n) is 3.97. The van der Waals surface area contributed by atoms with Gasteiger partial charge in [0.1, 0.15) is 0 Å². The topological polar surface area (TPSA) is 98.6 Å². The number of hydrogen-bond acceptors (Lipinski definition) is 4. The maximum absolute atomic E-state index is 5.59. The van der Waals surface area contributed by atoms with E-state index in [-0.39, 0.29) is 0 Å². The Bertz CT molecular complexity index is 657. The second kappa shape index (κ2) is 11.2. The Kier molecular flexibility index (Phi) is 8.29. The molecule has 5 N–H and O–H groups in total. The zero-order valence-electron chi connectivity index (χ0n) is 16.6. The average molecular weight is 404 g/mol. The summed E-state index contributed by atoms with van der Waals surface area (Å²) in [7, 11) is 0. The fourth-order valence-corrected chi connectivity index (χ4v) is 4.32. The van der Waals surface area contributed by atoms with Crippen molar-refractivity contribution in [3.8, 4) is 0 Å². The normalized spacial score (nSPS) is 18.4. The zero-order valence-corrected chi connectivity index (χ0v) is 17.4. The summed E-state index contributed by atoms with van der Waals surface area (Å²) in [4.78, 5) is 16.5. The molecule has 0 unspecified atom stereocenters. The van der Waals surface area contributed by atoms with E-state index < -0.39 is 0 Å². The second-order valence-electron chi connectivity index (χ2n) is 7.67. The third-order valence-electron chi connectivity index (χ3n) is 5.64. The summed E-state index contributed by atoms with van der Waals surface area (Å²) >= 11 is 5.59. The van der Waals surface area contributed by atoms with Crippen molar-refractivity contribution < 1.29 is 0 Å². The number of rotatable bonds is 4. The molecule has 0 radical (unpaired) electrons. The van der Waals surface area contributed by atoms with Gasteiger partial charge in [0.15, 0.2) is 5.11 Å². The monoisotopic (exact) mass is 403 g/mol. The molecule has 7 nitrogen and oxygen atoms in total. The molecule has 2 aliphatic rings. The Morgan fingerprint density at radius 2 is 1.79 bits per heavy atom. The summed E-state index contributed by atoms with van der Waals surface area (Å²) < 4.78 is 0. The lowest BCUT2D eigenvalue weighted by Gasteiger charge is -2.35. The number of nitrogens with zero attached hydrogens (tertiary/aromatic N) is 3. The van der Waals surface area contributed by atoms with Gasteiger partial charge in [0, 0.05) is 55.3 Å². The van der Waals surface area contributed by atoms with Crippen LogP contribution in [0, 0.1) is 0 Å². The molecule has 1 saturated heterocycles. The van der Waals surface area contributed by atoms with Crippen LogP contribution < -0.4 is 11.1 Å². The lowest BCUT2D eigenvalue weighted by Crippen LogP contribution is -2.47. The van der Waals surface area contributed by atoms with Crippen LogP contribution >= 0.6 is 12.2 Å². The largest absolute Gasteiger partial charge is 0.360 e. The first-order valence-corrected chi connectivity index (χ1v) is 10.9. The SMILES string of the molecule is NCCc1cnc[nH]1.S=C(NC1CCCCC1)N1CCC(c2cnc[nH]2)CC1. The highest BCUT2D eigenvalue weighted by atomic mass is 32.1. The van der Waals surface area contributed by atoms with Crippen LogP contribution in [0.25, 0.3) is 0 Å². The van der Waals surface area contributed by atoms with E-state index in [2.05, 4.69) is 30.2 Å². The molecule has 0 amide bonds. The summed E-state index contributed by atoms with van der Waals surface area (Å²) in [6, 6.07) is 0.613. The van der Waals surface area contributed by atoms with E-state index in [1.165, 1.54) is 37.8 Å². The summed E-state index contributed by atoms with van der Waals surface area (Å²) in [5.74, 6) is 0.617. The molecule has 3 heterocycles. The summed E-state index contributed by atoms with van der Waals surface area (Å²) in [6.45, 7) is 2.80. The maximum Gasteiger partial charge on any atom is 0.169 e. The minimum atomic E-state index is 0.613. The minimum absolute atomic E-state index is 0.613. The smallest absolute Gasteiger partial charge is 0.169 e. The number of aromatic amines is 2. The number of H-pyrrole nitrogens is 2. The highest BCUT2D eigenvalue weighted by Crippen LogP contribution is 2.26.